The maximum atomic E-state index is 10.5. The third-order valence-corrected chi connectivity index (χ3v) is 5.33. The summed E-state index contributed by atoms with van der Waals surface area (Å²) in [6.45, 7) is 0.00943. The molecule has 0 saturated carbocycles. The van der Waals surface area contributed by atoms with Crippen LogP contribution < -0.4 is 0 Å². The van der Waals surface area contributed by atoms with Crippen molar-refractivity contribution in [2.45, 2.75) is 96.3 Å². The molecule has 0 unspecified atom stereocenters. The van der Waals surface area contributed by atoms with E-state index in [0.717, 1.165) is 24.1 Å². The van der Waals surface area contributed by atoms with Crippen LogP contribution >= 0.6 is 32.3 Å². The molecule has 0 aliphatic heterocycles. The van der Waals surface area contributed by atoms with Gasteiger partial charge in [0.25, 0.3) is 0 Å². The van der Waals surface area contributed by atoms with Gasteiger partial charge in [-0.2, -0.15) is 0 Å². The molecule has 0 radical (unpaired) electrons. The molecule has 26 heavy (non-hydrogen) atoms. The van der Waals surface area contributed by atoms with Crippen LogP contribution in [0.25, 0.3) is 0 Å². The molecule has 0 bridgehead atoms. The Labute approximate surface area is 192 Å². The Hall–Kier alpha value is 1.29. The molecule has 0 atom stereocenters. The van der Waals surface area contributed by atoms with Crippen molar-refractivity contribution in [2.24, 2.45) is 0 Å². The Morgan fingerprint density at radius 1 is 0.808 bits per heavy atom. The average Bonchev–Trinajstić information content (AvgIpc) is 2.54. The summed E-state index contributed by atoms with van der Waals surface area (Å²) in [4.78, 5) is 18.0. The molecule has 0 aromatic heterocycles. The van der Waals surface area contributed by atoms with Crippen molar-refractivity contribution in [3.8, 4) is 0 Å². The summed E-state index contributed by atoms with van der Waals surface area (Å²) in [5, 5.41) is 1.84. The van der Waals surface area contributed by atoms with Crippen molar-refractivity contribution in [1.82, 2.24) is 0 Å². The monoisotopic (exact) mass is 434 g/mol. The second-order valence-corrected chi connectivity index (χ2v) is 8.71. The molecule has 0 fully saturated rings. The van der Waals surface area contributed by atoms with Crippen molar-refractivity contribution < 1.29 is 18.9 Å². The van der Waals surface area contributed by atoms with Crippen LogP contribution in [0.2, 0.25) is 0 Å². The van der Waals surface area contributed by atoms with Gasteiger partial charge in [0.1, 0.15) is 0 Å². The first-order valence-electron chi connectivity index (χ1n) is 9.61. The molecule has 0 aliphatic rings. The van der Waals surface area contributed by atoms with Gasteiger partial charge < -0.3 is 9.79 Å². The van der Waals surface area contributed by atoms with E-state index < -0.39 is 7.82 Å². The summed E-state index contributed by atoms with van der Waals surface area (Å²) in [6.07, 6.45) is 17.9. The average molecular weight is 435 g/mol. The van der Waals surface area contributed by atoms with Crippen LogP contribution in [-0.4, -0.2) is 56.2 Å². The van der Waals surface area contributed by atoms with Crippen LogP contribution in [0.1, 0.15) is 96.3 Å². The first-order valence-corrected chi connectivity index (χ1v) is 12.0. The van der Waals surface area contributed by atoms with Crippen LogP contribution in [0.15, 0.2) is 0 Å². The van der Waals surface area contributed by atoms with Crippen LogP contribution in [0.4, 0.5) is 0 Å². The van der Waals surface area contributed by atoms with Gasteiger partial charge in [0.2, 0.25) is 0 Å². The maximum absolute atomic E-state index is 10.5. The van der Waals surface area contributed by atoms with Crippen LogP contribution in [0, 0.1) is 0 Å². The second kappa shape index (κ2) is 21.0. The Morgan fingerprint density at radius 2 is 1.23 bits per heavy atom. The standard InChI is InChI=1S/C18H35O4PS2.Na.H/c19-23(20,21)22-16-15-18(25)14-12-10-8-6-4-2-1-3-5-7-9-11-13-17-24;;/h17H,1-16H2,(H2,19,20,21);;. The van der Waals surface area contributed by atoms with Gasteiger partial charge in [0, 0.05) is 6.42 Å². The number of hydrogen-bond donors (Lipinski definition) is 2. The van der Waals surface area contributed by atoms with E-state index in [-0.39, 0.29) is 36.2 Å². The van der Waals surface area contributed by atoms with Crippen molar-refractivity contribution in [1.29, 1.82) is 0 Å². The molecule has 0 aliphatic carbocycles. The van der Waals surface area contributed by atoms with Gasteiger partial charge in [0.15, 0.2) is 0 Å². The van der Waals surface area contributed by atoms with Gasteiger partial charge in [-0.05, 0) is 35.9 Å². The van der Waals surface area contributed by atoms with E-state index in [4.69, 9.17) is 34.2 Å². The van der Waals surface area contributed by atoms with Gasteiger partial charge in [-0.25, -0.2) is 4.57 Å². The van der Waals surface area contributed by atoms with E-state index in [1.54, 1.807) is 0 Å². The fraction of sp³-hybridized carbons (Fsp3) is 0.889. The number of phosphoric acid groups is 1. The van der Waals surface area contributed by atoms with Crippen molar-refractivity contribution in [2.75, 3.05) is 6.61 Å². The predicted octanol–water partition coefficient (Wildman–Crippen LogP) is 5.67. The summed E-state index contributed by atoms with van der Waals surface area (Å²) < 4.78 is 14.9. The van der Waals surface area contributed by atoms with Gasteiger partial charge in [0.05, 0.1) is 6.61 Å². The fourth-order valence-corrected chi connectivity index (χ4v) is 3.44. The molecule has 150 valence electrons. The number of thiocarbonyl (C=S) groups is 2. The summed E-state index contributed by atoms with van der Waals surface area (Å²) in [5.41, 5.74) is 0. The number of hydrogen-bond acceptors (Lipinski definition) is 4. The third kappa shape index (κ3) is 25.3. The zero-order chi connectivity index (χ0) is 18.8. The second-order valence-electron chi connectivity index (χ2n) is 6.56. The van der Waals surface area contributed by atoms with Gasteiger partial charge >= 0.3 is 37.4 Å². The molecule has 0 rings (SSSR count). The Kier molecular flexibility index (Phi) is 23.8. The molecule has 4 nitrogen and oxygen atoms in total. The topological polar surface area (TPSA) is 66.8 Å². The van der Waals surface area contributed by atoms with Gasteiger partial charge in [-0.3, -0.25) is 4.52 Å². The summed E-state index contributed by atoms with van der Waals surface area (Å²) in [5.74, 6) is 0. The molecule has 0 amide bonds. The SMILES string of the molecule is O=P(O)(O)OCCC(=S)CCCCCCCCCCCCCCC=S.[NaH]. The first kappa shape index (κ1) is 29.5. The summed E-state index contributed by atoms with van der Waals surface area (Å²) in [7, 11) is -4.35. The normalized spacial score (nSPS) is 11.2. The van der Waals surface area contributed by atoms with E-state index in [0.29, 0.717) is 6.42 Å². The van der Waals surface area contributed by atoms with E-state index >= 15 is 0 Å². The quantitative estimate of drug-likeness (QED) is 0.118. The van der Waals surface area contributed by atoms with E-state index in [1.165, 1.54) is 70.6 Å². The van der Waals surface area contributed by atoms with Gasteiger partial charge in [-0.15, -0.1) is 0 Å². The number of rotatable bonds is 19. The fourth-order valence-electron chi connectivity index (χ4n) is 2.72. The number of phosphoric ester groups is 1. The minimum atomic E-state index is -4.35. The van der Waals surface area contributed by atoms with E-state index in [1.807, 2.05) is 5.37 Å². The Balaban J connectivity index is 0. The summed E-state index contributed by atoms with van der Waals surface area (Å²) >= 11 is 10.0. The molecule has 2 N–H and O–H groups in total. The van der Waals surface area contributed by atoms with E-state index in [9.17, 15) is 4.57 Å². The third-order valence-electron chi connectivity index (χ3n) is 4.17. The van der Waals surface area contributed by atoms with Gasteiger partial charge in [-0.1, -0.05) is 88.6 Å². The first-order chi connectivity index (χ1) is 12.0. The number of unbranched alkanes of at least 4 members (excludes halogenated alkanes) is 12. The van der Waals surface area contributed by atoms with Crippen LogP contribution in [0.3, 0.4) is 0 Å². The zero-order valence-electron chi connectivity index (χ0n) is 15.4. The molecule has 0 aromatic carbocycles. The minimum absolute atomic E-state index is 0. The Morgan fingerprint density at radius 3 is 1.65 bits per heavy atom. The molecule has 8 heteroatoms. The Bertz CT molecular complexity index is 391. The van der Waals surface area contributed by atoms with Crippen LogP contribution in [0.5, 0.6) is 0 Å². The molecular weight excluding hydrogens is 398 g/mol. The van der Waals surface area contributed by atoms with Crippen molar-refractivity contribution in [3.63, 3.8) is 0 Å². The zero-order valence-corrected chi connectivity index (χ0v) is 17.9. The molecule has 0 heterocycles. The van der Waals surface area contributed by atoms with Crippen molar-refractivity contribution in [3.05, 3.63) is 0 Å². The molecule has 0 aromatic rings. The summed E-state index contributed by atoms with van der Waals surface area (Å²) in [6, 6.07) is 0. The molecular formula is C18H36NaO4PS2. The predicted molar refractivity (Wildman–Crippen MR) is 121 cm³/mol. The van der Waals surface area contributed by atoms with Crippen LogP contribution in [-0.2, 0) is 9.09 Å². The van der Waals surface area contributed by atoms with Crippen molar-refractivity contribution >= 4 is 72.0 Å². The molecule has 0 saturated heterocycles. The molecule has 0 spiro atoms. The van der Waals surface area contributed by atoms with E-state index in [2.05, 4.69) is 4.52 Å².